The molecule has 1 aliphatic rings. The van der Waals surface area contributed by atoms with Gasteiger partial charge < -0.3 is 10.1 Å². The monoisotopic (exact) mass is 293 g/mol. The summed E-state index contributed by atoms with van der Waals surface area (Å²) in [6, 6.07) is 3.55. The molecule has 1 amide bonds. The summed E-state index contributed by atoms with van der Waals surface area (Å²) in [5.41, 5.74) is 0. The van der Waals surface area contributed by atoms with E-state index in [-0.39, 0.29) is 24.3 Å². The van der Waals surface area contributed by atoms with Gasteiger partial charge in [0.15, 0.2) is 0 Å². The fourth-order valence-electron chi connectivity index (χ4n) is 2.32. The summed E-state index contributed by atoms with van der Waals surface area (Å²) >= 11 is 1.53. The Bertz CT molecular complexity index is 481. The van der Waals surface area contributed by atoms with Gasteiger partial charge in [0.25, 0.3) is 0 Å². The minimum absolute atomic E-state index is 0.0103. The van der Waals surface area contributed by atoms with E-state index in [0.29, 0.717) is 12.3 Å². The Labute approximate surface area is 122 Å². The normalized spacial score (nSPS) is 18.8. The van der Waals surface area contributed by atoms with Gasteiger partial charge in [-0.1, -0.05) is 18.2 Å². The molecule has 0 saturated carbocycles. The number of esters is 1. The number of carbonyl (C=O) groups is 2. The van der Waals surface area contributed by atoms with Gasteiger partial charge in [0, 0.05) is 11.3 Å². The van der Waals surface area contributed by atoms with Gasteiger partial charge in [-0.15, -0.1) is 11.3 Å². The van der Waals surface area contributed by atoms with E-state index in [9.17, 15) is 9.59 Å². The Balaban J connectivity index is 1.94. The molecule has 1 aromatic heterocycles. The molecule has 20 heavy (non-hydrogen) atoms. The van der Waals surface area contributed by atoms with E-state index in [1.54, 1.807) is 0 Å². The average molecular weight is 293 g/mol. The maximum absolute atomic E-state index is 12.1. The Kier molecular flexibility index (Phi) is 5.35. The molecular weight excluding hydrogens is 274 g/mol. The van der Waals surface area contributed by atoms with E-state index in [2.05, 4.69) is 17.5 Å². The molecule has 0 bridgehead atoms. The number of amides is 1. The average Bonchev–Trinajstić information content (AvgIpc) is 3.10. The molecule has 108 valence electrons. The molecule has 0 saturated heterocycles. The third-order valence-electron chi connectivity index (χ3n) is 3.38. The second kappa shape index (κ2) is 7.24. The van der Waals surface area contributed by atoms with Crippen LogP contribution in [0.1, 0.15) is 36.6 Å². The Morgan fingerprint density at radius 1 is 1.55 bits per heavy atom. The highest BCUT2D eigenvalue weighted by atomic mass is 32.1. The Hall–Kier alpha value is -1.62. The zero-order valence-electron chi connectivity index (χ0n) is 11.5. The molecule has 1 heterocycles. The van der Waals surface area contributed by atoms with Crippen LogP contribution in [0.4, 0.5) is 0 Å². The predicted octanol–water partition coefficient (Wildman–Crippen LogP) is 2.82. The Morgan fingerprint density at radius 3 is 3.00 bits per heavy atom. The van der Waals surface area contributed by atoms with Gasteiger partial charge in [-0.2, -0.15) is 0 Å². The lowest BCUT2D eigenvalue weighted by Gasteiger charge is -2.17. The van der Waals surface area contributed by atoms with Crippen molar-refractivity contribution in [1.82, 2.24) is 5.32 Å². The van der Waals surface area contributed by atoms with E-state index in [1.165, 1.54) is 18.4 Å². The summed E-state index contributed by atoms with van der Waals surface area (Å²) in [7, 11) is 1.36. The van der Waals surface area contributed by atoms with Gasteiger partial charge in [-0.05, 0) is 30.2 Å². The highest BCUT2D eigenvalue weighted by Crippen LogP contribution is 2.24. The van der Waals surface area contributed by atoms with E-state index in [0.717, 1.165) is 17.7 Å². The first kappa shape index (κ1) is 14.8. The van der Waals surface area contributed by atoms with Crippen LogP contribution >= 0.6 is 11.3 Å². The van der Waals surface area contributed by atoms with Crippen LogP contribution in [0.5, 0.6) is 0 Å². The van der Waals surface area contributed by atoms with Crippen molar-refractivity contribution in [3.63, 3.8) is 0 Å². The summed E-state index contributed by atoms with van der Waals surface area (Å²) in [5, 5.41) is 4.88. The summed E-state index contributed by atoms with van der Waals surface area (Å²) < 4.78 is 4.70. The summed E-state index contributed by atoms with van der Waals surface area (Å²) in [4.78, 5) is 24.5. The van der Waals surface area contributed by atoms with Crippen LogP contribution in [-0.2, 0) is 14.3 Å². The van der Waals surface area contributed by atoms with Crippen molar-refractivity contribution < 1.29 is 14.3 Å². The Morgan fingerprint density at radius 2 is 2.40 bits per heavy atom. The van der Waals surface area contributed by atoms with Gasteiger partial charge >= 0.3 is 5.97 Å². The lowest BCUT2D eigenvalue weighted by atomic mass is 10.0. The van der Waals surface area contributed by atoms with Crippen molar-refractivity contribution in [1.29, 1.82) is 0 Å². The van der Waals surface area contributed by atoms with Gasteiger partial charge in [0.05, 0.1) is 19.6 Å². The molecule has 4 nitrogen and oxygen atoms in total. The van der Waals surface area contributed by atoms with Crippen molar-refractivity contribution in [3.05, 3.63) is 34.5 Å². The minimum atomic E-state index is -0.315. The first-order chi connectivity index (χ1) is 9.69. The molecule has 1 N–H and O–H groups in total. The third kappa shape index (κ3) is 4.20. The van der Waals surface area contributed by atoms with Crippen molar-refractivity contribution >= 4 is 23.2 Å². The second-order valence-corrected chi connectivity index (χ2v) is 5.86. The van der Waals surface area contributed by atoms with Crippen LogP contribution in [0, 0.1) is 5.92 Å². The molecule has 0 radical (unpaired) electrons. The summed E-state index contributed by atoms with van der Waals surface area (Å²) in [5.74, 6) is 0.00503. The fraction of sp³-hybridized carbons (Fsp3) is 0.467. The van der Waals surface area contributed by atoms with Crippen molar-refractivity contribution in [2.24, 2.45) is 5.92 Å². The molecule has 0 fully saturated rings. The first-order valence-electron chi connectivity index (χ1n) is 6.75. The first-order valence-corrected chi connectivity index (χ1v) is 7.63. The number of thiophene rings is 1. The predicted molar refractivity (Wildman–Crippen MR) is 78.3 cm³/mol. The number of nitrogens with one attached hydrogen (secondary N) is 1. The van der Waals surface area contributed by atoms with Crippen molar-refractivity contribution in [2.45, 2.75) is 31.7 Å². The van der Waals surface area contributed by atoms with Crippen LogP contribution in [-0.4, -0.2) is 19.0 Å². The molecule has 1 aliphatic carbocycles. The zero-order valence-corrected chi connectivity index (χ0v) is 12.3. The topological polar surface area (TPSA) is 55.4 Å². The van der Waals surface area contributed by atoms with Gasteiger partial charge in [0.2, 0.25) is 5.91 Å². The van der Waals surface area contributed by atoms with Gasteiger partial charge in [-0.25, -0.2) is 0 Å². The molecule has 1 aromatic rings. The molecule has 0 spiro atoms. The van der Waals surface area contributed by atoms with Crippen LogP contribution < -0.4 is 5.32 Å². The molecule has 2 rings (SSSR count). The lowest BCUT2D eigenvalue weighted by molar-refractivity contribution is -0.141. The van der Waals surface area contributed by atoms with E-state index >= 15 is 0 Å². The fourth-order valence-corrected chi connectivity index (χ4v) is 3.10. The minimum Gasteiger partial charge on any atom is -0.469 e. The van der Waals surface area contributed by atoms with Gasteiger partial charge in [0.1, 0.15) is 0 Å². The van der Waals surface area contributed by atoms with Crippen LogP contribution in [0.15, 0.2) is 29.7 Å². The maximum Gasteiger partial charge on any atom is 0.307 e. The van der Waals surface area contributed by atoms with E-state index in [4.69, 9.17) is 4.74 Å². The van der Waals surface area contributed by atoms with E-state index in [1.807, 2.05) is 17.5 Å². The van der Waals surface area contributed by atoms with Gasteiger partial charge in [-0.3, -0.25) is 9.59 Å². The van der Waals surface area contributed by atoms with Crippen LogP contribution in [0.2, 0.25) is 0 Å². The quantitative estimate of drug-likeness (QED) is 0.648. The highest BCUT2D eigenvalue weighted by Gasteiger charge is 2.21. The summed E-state index contributed by atoms with van der Waals surface area (Å²) in [6.45, 7) is 0. The second-order valence-electron chi connectivity index (χ2n) is 4.89. The third-order valence-corrected chi connectivity index (χ3v) is 4.37. The molecule has 2 atom stereocenters. The largest absolute Gasteiger partial charge is 0.469 e. The molecular formula is C15H19NO3S. The van der Waals surface area contributed by atoms with Crippen LogP contribution in [0.25, 0.3) is 0 Å². The molecule has 0 aromatic carbocycles. The number of rotatable bonds is 6. The number of hydrogen-bond donors (Lipinski definition) is 1. The smallest absolute Gasteiger partial charge is 0.307 e. The number of hydrogen-bond acceptors (Lipinski definition) is 4. The molecule has 0 unspecified atom stereocenters. The van der Waals surface area contributed by atoms with Crippen molar-refractivity contribution in [3.8, 4) is 0 Å². The standard InChI is InChI=1S/C15H19NO3S/c1-19-15(18)10-12(13-7-4-8-20-13)16-14(17)9-11-5-2-3-6-11/h2,4-5,7-8,11-12H,3,6,9-10H2,1H3,(H,16,17)/t11-,12+/m0/s1. The number of methoxy groups -OCH3 is 1. The number of allylic oxidation sites excluding steroid dienone is 2. The van der Waals surface area contributed by atoms with E-state index < -0.39 is 0 Å². The lowest BCUT2D eigenvalue weighted by Crippen LogP contribution is -2.30. The highest BCUT2D eigenvalue weighted by molar-refractivity contribution is 7.10. The summed E-state index contributed by atoms with van der Waals surface area (Å²) in [6.07, 6.45) is 6.95. The van der Waals surface area contributed by atoms with Crippen molar-refractivity contribution in [2.75, 3.05) is 7.11 Å². The molecule has 0 aliphatic heterocycles. The number of carbonyl (C=O) groups excluding carboxylic acids is 2. The SMILES string of the molecule is COC(=O)C[C@@H](NC(=O)C[C@H]1C=CCC1)c1cccs1. The zero-order chi connectivity index (χ0) is 14.4. The molecule has 5 heteroatoms. The van der Waals surface area contributed by atoms with Crippen LogP contribution in [0.3, 0.4) is 0 Å². The maximum atomic E-state index is 12.1. The number of ether oxygens (including phenoxy) is 1.